The van der Waals surface area contributed by atoms with Gasteiger partial charge in [0.1, 0.15) is 0 Å². The van der Waals surface area contributed by atoms with Gasteiger partial charge in [0.15, 0.2) is 11.5 Å². The zero-order valence-electron chi connectivity index (χ0n) is 16.1. The zero-order chi connectivity index (χ0) is 19.5. The van der Waals surface area contributed by atoms with Gasteiger partial charge in [-0.1, -0.05) is 18.5 Å². The molecule has 6 heteroatoms. The number of fused-ring (bicyclic) bond motifs is 1. The lowest BCUT2D eigenvalue weighted by Gasteiger charge is -2.22. The number of halogens is 1. The van der Waals surface area contributed by atoms with E-state index in [2.05, 4.69) is 0 Å². The lowest BCUT2D eigenvalue weighted by Crippen LogP contribution is -2.26. The van der Waals surface area contributed by atoms with Gasteiger partial charge in [0, 0.05) is 15.8 Å². The van der Waals surface area contributed by atoms with E-state index in [0.29, 0.717) is 34.3 Å². The number of ether oxygens (including phenoxy) is 4. The molecule has 0 radical (unpaired) electrons. The first kappa shape index (κ1) is 20.2. The number of carbonyl (C=O) groups is 1. The lowest BCUT2D eigenvalue weighted by molar-refractivity contribution is -0.143. The lowest BCUT2D eigenvalue weighted by atomic mass is 9.97. The molecule has 0 aliphatic rings. The number of carbonyl (C=O) groups excluding carboxylic acids is 1. The summed E-state index contributed by atoms with van der Waals surface area (Å²) >= 11 is 6.19. The Balaban J connectivity index is 2.80. The van der Waals surface area contributed by atoms with E-state index < -0.39 is 5.41 Å². The van der Waals surface area contributed by atoms with E-state index in [9.17, 15) is 4.79 Å². The van der Waals surface area contributed by atoms with Crippen LogP contribution in [0.25, 0.3) is 10.8 Å². The molecule has 0 bridgehead atoms. The van der Waals surface area contributed by atoms with Crippen molar-refractivity contribution in [1.82, 2.24) is 0 Å². The van der Waals surface area contributed by atoms with Crippen LogP contribution in [0.5, 0.6) is 23.0 Å². The van der Waals surface area contributed by atoms with E-state index in [1.165, 1.54) is 14.2 Å². The third-order valence-corrected chi connectivity index (χ3v) is 3.99. The molecule has 5 nitrogen and oxygen atoms in total. The van der Waals surface area contributed by atoms with Crippen molar-refractivity contribution in [2.24, 2.45) is 5.41 Å². The average Bonchev–Trinajstić information content (AvgIpc) is 2.59. The third-order valence-electron chi connectivity index (χ3n) is 3.76. The Hall–Kier alpha value is -2.14. The van der Waals surface area contributed by atoms with Crippen LogP contribution < -0.4 is 18.9 Å². The summed E-state index contributed by atoms with van der Waals surface area (Å²) in [5.74, 6) is 1.10. The van der Waals surface area contributed by atoms with Crippen molar-refractivity contribution < 1.29 is 23.7 Å². The number of benzene rings is 2. The highest BCUT2D eigenvalue weighted by Crippen LogP contribution is 2.51. The van der Waals surface area contributed by atoms with Crippen LogP contribution in [0.3, 0.4) is 0 Å². The molecule has 0 atom stereocenters. The van der Waals surface area contributed by atoms with E-state index >= 15 is 0 Å². The monoisotopic (exact) mass is 380 g/mol. The molecule has 0 saturated carbocycles. The maximum Gasteiger partial charge on any atom is 0.316 e. The smallest absolute Gasteiger partial charge is 0.316 e. The minimum Gasteiger partial charge on any atom is -0.490 e. The summed E-state index contributed by atoms with van der Waals surface area (Å²) in [6.45, 7) is 7.88. The summed E-state index contributed by atoms with van der Waals surface area (Å²) < 4.78 is 22.7. The Morgan fingerprint density at radius 3 is 2.15 bits per heavy atom. The quantitative estimate of drug-likeness (QED) is 0.506. The van der Waals surface area contributed by atoms with Gasteiger partial charge in [-0.3, -0.25) is 4.79 Å². The molecule has 2 aromatic carbocycles. The molecule has 0 aliphatic carbocycles. The number of methoxy groups -OCH3 is 2. The third kappa shape index (κ3) is 3.98. The molecule has 0 aliphatic heterocycles. The summed E-state index contributed by atoms with van der Waals surface area (Å²) in [6, 6.07) is 5.30. The largest absolute Gasteiger partial charge is 0.490 e. The van der Waals surface area contributed by atoms with Crippen LogP contribution in [-0.2, 0) is 4.79 Å². The second kappa shape index (κ2) is 8.04. The second-order valence-electron chi connectivity index (χ2n) is 6.90. The first-order valence-corrected chi connectivity index (χ1v) is 8.84. The van der Waals surface area contributed by atoms with Crippen LogP contribution in [0.4, 0.5) is 0 Å². The maximum atomic E-state index is 12.5. The molecule has 0 spiro atoms. The average molecular weight is 381 g/mol. The highest BCUT2D eigenvalue weighted by atomic mass is 35.5. The molecule has 26 heavy (non-hydrogen) atoms. The Morgan fingerprint density at radius 2 is 1.62 bits per heavy atom. The molecular weight excluding hydrogens is 356 g/mol. The van der Waals surface area contributed by atoms with Crippen molar-refractivity contribution in [1.29, 1.82) is 0 Å². The van der Waals surface area contributed by atoms with Crippen molar-refractivity contribution in [2.75, 3.05) is 20.8 Å². The van der Waals surface area contributed by atoms with E-state index in [-0.39, 0.29) is 11.7 Å². The number of rotatable bonds is 6. The topological polar surface area (TPSA) is 54.0 Å². The van der Waals surface area contributed by atoms with Crippen LogP contribution in [-0.4, -0.2) is 26.8 Å². The summed E-state index contributed by atoms with van der Waals surface area (Å²) in [6.07, 6.45) is 0.835. The minimum absolute atomic E-state index is 0.269. The van der Waals surface area contributed by atoms with Crippen molar-refractivity contribution >= 4 is 28.3 Å². The van der Waals surface area contributed by atoms with Crippen LogP contribution in [0.15, 0.2) is 18.2 Å². The fourth-order valence-electron chi connectivity index (χ4n) is 2.42. The molecule has 2 rings (SSSR count). The number of hydrogen-bond acceptors (Lipinski definition) is 5. The van der Waals surface area contributed by atoms with Crippen molar-refractivity contribution in [2.45, 2.75) is 34.1 Å². The Morgan fingerprint density at radius 1 is 1.00 bits per heavy atom. The van der Waals surface area contributed by atoms with E-state index in [1.54, 1.807) is 32.9 Å². The summed E-state index contributed by atoms with van der Waals surface area (Å²) in [4.78, 5) is 12.5. The predicted molar refractivity (Wildman–Crippen MR) is 103 cm³/mol. The molecule has 0 fully saturated rings. The van der Waals surface area contributed by atoms with Gasteiger partial charge in [-0.25, -0.2) is 0 Å². The van der Waals surface area contributed by atoms with Gasteiger partial charge in [-0.05, 0) is 45.4 Å². The molecule has 2 aromatic rings. The summed E-state index contributed by atoms with van der Waals surface area (Å²) in [7, 11) is 3.01. The van der Waals surface area contributed by atoms with Gasteiger partial charge >= 0.3 is 5.97 Å². The van der Waals surface area contributed by atoms with Gasteiger partial charge in [-0.2, -0.15) is 0 Å². The summed E-state index contributed by atoms with van der Waals surface area (Å²) in [5.41, 5.74) is -0.680. The van der Waals surface area contributed by atoms with Crippen LogP contribution in [0.1, 0.15) is 34.1 Å². The molecule has 0 unspecified atom stereocenters. The first-order chi connectivity index (χ1) is 12.2. The molecule has 0 N–H and O–H groups in total. The zero-order valence-corrected chi connectivity index (χ0v) is 16.8. The number of hydrogen-bond donors (Lipinski definition) is 0. The maximum absolute atomic E-state index is 12.5. The fourth-order valence-corrected chi connectivity index (χ4v) is 2.59. The fraction of sp³-hybridized carbons (Fsp3) is 0.450. The number of esters is 1. The van der Waals surface area contributed by atoms with E-state index in [1.807, 2.05) is 13.0 Å². The minimum atomic E-state index is -0.680. The van der Waals surface area contributed by atoms with Gasteiger partial charge in [-0.15, -0.1) is 0 Å². The SMILES string of the molecule is CCCOc1c(OC)c(OC)c(OC(=O)C(C)(C)C)c2cc(Cl)ccc12. The van der Waals surface area contributed by atoms with Gasteiger partial charge in [0.05, 0.1) is 26.2 Å². The van der Waals surface area contributed by atoms with Crippen LogP contribution in [0.2, 0.25) is 5.02 Å². The van der Waals surface area contributed by atoms with E-state index in [0.717, 1.165) is 11.8 Å². The molecule has 142 valence electrons. The highest BCUT2D eigenvalue weighted by molar-refractivity contribution is 6.31. The molecular formula is C20H25ClO5. The standard InChI is InChI=1S/C20H25ClO5/c1-7-10-25-15-13-9-8-12(21)11-14(13)16(18(24-6)17(15)23-5)26-19(22)20(2,3)4/h8-9,11H,7,10H2,1-6H3. The predicted octanol–water partition coefficient (Wildman–Crippen LogP) is 5.25. The molecule has 0 saturated heterocycles. The first-order valence-electron chi connectivity index (χ1n) is 8.46. The van der Waals surface area contributed by atoms with Crippen LogP contribution >= 0.6 is 11.6 Å². The second-order valence-corrected chi connectivity index (χ2v) is 7.34. The summed E-state index contributed by atoms with van der Waals surface area (Å²) in [5, 5.41) is 1.87. The van der Waals surface area contributed by atoms with Crippen molar-refractivity contribution in [3.05, 3.63) is 23.2 Å². The Kier molecular flexibility index (Phi) is 6.24. The van der Waals surface area contributed by atoms with Gasteiger partial charge < -0.3 is 18.9 Å². The van der Waals surface area contributed by atoms with Gasteiger partial charge in [0.25, 0.3) is 0 Å². The molecule has 0 heterocycles. The Bertz CT molecular complexity index is 808. The van der Waals surface area contributed by atoms with Crippen molar-refractivity contribution in [3.8, 4) is 23.0 Å². The van der Waals surface area contributed by atoms with Crippen molar-refractivity contribution in [3.63, 3.8) is 0 Å². The Labute approximate surface area is 159 Å². The van der Waals surface area contributed by atoms with Crippen LogP contribution in [0, 0.1) is 5.41 Å². The normalized spacial score (nSPS) is 11.3. The molecule has 0 aromatic heterocycles. The molecule has 0 amide bonds. The highest BCUT2D eigenvalue weighted by Gasteiger charge is 2.29. The van der Waals surface area contributed by atoms with Gasteiger partial charge in [0.2, 0.25) is 11.5 Å². The van der Waals surface area contributed by atoms with E-state index in [4.69, 9.17) is 30.5 Å².